The van der Waals surface area contributed by atoms with Gasteiger partial charge in [-0.1, -0.05) is 17.3 Å². The van der Waals surface area contributed by atoms with Crippen molar-refractivity contribution in [3.05, 3.63) is 47.6 Å². The van der Waals surface area contributed by atoms with Gasteiger partial charge in [-0.05, 0) is 100 Å². The van der Waals surface area contributed by atoms with Crippen molar-refractivity contribution in [2.75, 3.05) is 11.4 Å². The standard InChI is InChI=1S/C32H36F3N5O2/c1-39-25(14-24(37-39)19-5-6-19)31-10-7-30(8-11-31,9-12-31)18-40(29(41)23-17-32(35)15-21(23)16-32)22-4-2-3-20(13-22)27-36-28(26(33)34)42-38-27/h2-4,13-14,19,21,23,26H,5-12,15-18H2,1H3. The molecule has 1 unspecified atom stereocenters. The first-order chi connectivity index (χ1) is 20.1. The van der Waals surface area contributed by atoms with Crippen LogP contribution >= 0.6 is 0 Å². The molecule has 2 heterocycles. The molecule has 0 saturated heterocycles. The Morgan fingerprint density at radius 3 is 2.45 bits per heavy atom. The summed E-state index contributed by atoms with van der Waals surface area (Å²) in [7, 11) is 2.08. The minimum atomic E-state index is -2.86. The van der Waals surface area contributed by atoms with Crippen LogP contribution in [0.4, 0.5) is 18.9 Å². The van der Waals surface area contributed by atoms with Gasteiger partial charge in [0, 0.05) is 47.8 Å². The molecule has 10 heteroatoms. The highest BCUT2D eigenvalue weighted by molar-refractivity contribution is 5.96. The summed E-state index contributed by atoms with van der Waals surface area (Å²) >= 11 is 0. The Balaban J connectivity index is 1.08. The third-order valence-electron chi connectivity index (χ3n) is 11.4. The fourth-order valence-electron chi connectivity index (χ4n) is 8.72. The number of nitrogens with zero attached hydrogens (tertiary/aromatic N) is 5. The Morgan fingerprint density at radius 2 is 1.83 bits per heavy atom. The molecule has 0 N–H and O–H groups in total. The first-order valence-electron chi connectivity index (χ1n) is 15.4. The molecule has 0 aliphatic heterocycles. The van der Waals surface area contributed by atoms with E-state index in [1.165, 1.54) is 24.2 Å². The third kappa shape index (κ3) is 4.22. The van der Waals surface area contributed by atoms with Gasteiger partial charge in [0.1, 0.15) is 5.67 Å². The van der Waals surface area contributed by atoms with Crippen LogP contribution in [0.15, 0.2) is 34.9 Å². The predicted molar refractivity (Wildman–Crippen MR) is 149 cm³/mol. The summed E-state index contributed by atoms with van der Waals surface area (Å²) in [5.41, 5.74) is 2.70. The molecule has 7 fully saturated rings. The van der Waals surface area contributed by atoms with Gasteiger partial charge in [-0.15, -0.1) is 0 Å². The van der Waals surface area contributed by atoms with E-state index in [4.69, 9.17) is 9.62 Å². The van der Waals surface area contributed by atoms with Crippen molar-refractivity contribution in [2.45, 2.75) is 94.1 Å². The van der Waals surface area contributed by atoms with E-state index < -0.39 is 18.0 Å². The van der Waals surface area contributed by atoms with Gasteiger partial charge in [0.25, 0.3) is 5.89 Å². The van der Waals surface area contributed by atoms with Crippen LogP contribution in [0.25, 0.3) is 11.4 Å². The number of anilines is 1. The number of rotatable bonds is 8. The van der Waals surface area contributed by atoms with Crippen molar-refractivity contribution in [3.8, 4) is 11.4 Å². The first-order valence-corrected chi connectivity index (χ1v) is 15.4. The topological polar surface area (TPSA) is 77.0 Å². The summed E-state index contributed by atoms with van der Waals surface area (Å²) in [5, 5.41) is 8.61. The van der Waals surface area contributed by atoms with E-state index in [-0.39, 0.29) is 40.8 Å². The highest BCUT2D eigenvalue weighted by Gasteiger charge is 2.60. The van der Waals surface area contributed by atoms with Gasteiger partial charge in [-0.3, -0.25) is 9.48 Å². The van der Waals surface area contributed by atoms with E-state index in [1.54, 1.807) is 18.2 Å². The lowest BCUT2D eigenvalue weighted by Crippen LogP contribution is -2.52. The SMILES string of the molecule is Cn1nc(C2CC2)cc1C12CCC(CN(C(=O)C3CC4(F)CC3C4)c3cccc(-c4noc(C(F)F)n4)c3)(CC1)CC2. The molecule has 2 aromatic heterocycles. The number of fused-ring (bicyclic) bond motifs is 4. The summed E-state index contributed by atoms with van der Waals surface area (Å²) < 4.78 is 48.0. The normalized spacial score (nSPS) is 33.3. The molecule has 0 radical (unpaired) electrons. The summed E-state index contributed by atoms with van der Waals surface area (Å²) in [6.07, 6.45) is 7.10. The first kappa shape index (κ1) is 26.5. The van der Waals surface area contributed by atoms with E-state index in [2.05, 4.69) is 27.9 Å². The van der Waals surface area contributed by atoms with E-state index >= 15 is 0 Å². The number of hydrogen-bond acceptors (Lipinski definition) is 5. The maximum absolute atomic E-state index is 14.9. The van der Waals surface area contributed by atoms with Crippen LogP contribution in [-0.2, 0) is 17.3 Å². The quantitative estimate of drug-likeness (QED) is 0.286. The Hall–Kier alpha value is -3.17. The number of amides is 1. The van der Waals surface area contributed by atoms with Crippen molar-refractivity contribution >= 4 is 11.6 Å². The number of aryl methyl sites for hydroxylation is 1. The van der Waals surface area contributed by atoms with Gasteiger partial charge in [-0.2, -0.15) is 18.9 Å². The number of aromatic nitrogens is 4. The molecule has 1 atom stereocenters. The Bertz CT molecular complexity index is 1510. The lowest BCUT2D eigenvalue weighted by molar-refractivity contribution is -0.123. The Morgan fingerprint density at radius 1 is 1.10 bits per heavy atom. The highest BCUT2D eigenvalue weighted by Crippen LogP contribution is 2.60. The molecule has 7 aliphatic rings. The second-order valence-electron chi connectivity index (χ2n) is 14.0. The molecule has 10 rings (SSSR count). The molecular formula is C32H36F3N5O2. The molecule has 4 bridgehead atoms. The number of halogens is 3. The molecule has 0 spiro atoms. The second kappa shape index (κ2) is 9.16. The zero-order valence-electron chi connectivity index (χ0n) is 23.9. The fraction of sp³-hybridized carbons (Fsp3) is 0.625. The van der Waals surface area contributed by atoms with Gasteiger partial charge >= 0.3 is 6.43 Å². The minimum Gasteiger partial charge on any atom is -0.333 e. The average molecular weight is 580 g/mol. The number of carbonyl (C=O) groups is 1. The van der Waals surface area contributed by atoms with Gasteiger partial charge in [0.2, 0.25) is 11.7 Å². The highest BCUT2D eigenvalue weighted by atomic mass is 19.3. The molecule has 7 aliphatic carbocycles. The molecular weight excluding hydrogens is 543 g/mol. The number of carbonyl (C=O) groups excluding carboxylic acids is 1. The molecule has 1 amide bonds. The number of alkyl halides is 3. The molecule has 1 aromatic carbocycles. The summed E-state index contributed by atoms with van der Waals surface area (Å²) in [6, 6.07) is 9.53. The predicted octanol–water partition coefficient (Wildman–Crippen LogP) is 7.05. The van der Waals surface area contributed by atoms with Crippen LogP contribution in [0, 0.1) is 17.3 Å². The summed E-state index contributed by atoms with van der Waals surface area (Å²) in [5.74, 6) is -0.299. The zero-order valence-corrected chi connectivity index (χ0v) is 23.9. The van der Waals surface area contributed by atoms with Crippen LogP contribution in [-0.4, -0.2) is 38.0 Å². The van der Waals surface area contributed by atoms with Gasteiger partial charge in [0.05, 0.1) is 5.69 Å². The fourth-order valence-corrected chi connectivity index (χ4v) is 8.72. The van der Waals surface area contributed by atoms with Crippen LogP contribution in [0.2, 0.25) is 0 Å². The third-order valence-corrected chi connectivity index (χ3v) is 11.4. The van der Waals surface area contributed by atoms with E-state index in [9.17, 15) is 18.0 Å². The molecule has 42 heavy (non-hydrogen) atoms. The smallest absolute Gasteiger partial charge is 0.315 e. The van der Waals surface area contributed by atoms with Crippen molar-refractivity contribution in [2.24, 2.45) is 24.3 Å². The lowest BCUT2D eigenvalue weighted by atomic mass is 9.52. The Kier molecular flexibility index (Phi) is 5.77. The molecule has 7 saturated carbocycles. The number of hydrogen-bond donors (Lipinski definition) is 0. The van der Waals surface area contributed by atoms with Crippen LogP contribution in [0.5, 0.6) is 0 Å². The van der Waals surface area contributed by atoms with E-state index in [1.807, 2.05) is 11.0 Å². The zero-order chi connectivity index (χ0) is 28.9. The summed E-state index contributed by atoms with van der Waals surface area (Å²) in [6.45, 7) is 0.571. The van der Waals surface area contributed by atoms with Gasteiger partial charge < -0.3 is 9.42 Å². The lowest BCUT2D eigenvalue weighted by Gasteiger charge is -2.54. The number of benzene rings is 1. The van der Waals surface area contributed by atoms with Crippen LogP contribution in [0.1, 0.15) is 100 Å². The maximum Gasteiger partial charge on any atom is 0.315 e. The molecule has 222 valence electrons. The van der Waals surface area contributed by atoms with Crippen LogP contribution < -0.4 is 4.90 Å². The van der Waals surface area contributed by atoms with Gasteiger partial charge in [0.15, 0.2) is 0 Å². The summed E-state index contributed by atoms with van der Waals surface area (Å²) in [4.78, 5) is 19.9. The molecule has 7 nitrogen and oxygen atoms in total. The largest absolute Gasteiger partial charge is 0.333 e. The van der Waals surface area contributed by atoms with Crippen molar-refractivity contribution in [1.82, 2.24) is 19.9 Å². The maximum atomic E-state index is 14.9. The second-order valence-corrected chi connectivity index (χ2v) is 14.0. The van der Waals surface area contributed by atoms with Gasteiger partial charge in [-0.25, -0.2) is 4.39 Å². The average Bonchev–Trinajstić information content (AvgIpc) is 3.28. The van der Waals surface area contributed by atoms with Crippen LogP contribution in [0.3, 0.4) is 0 Å². The van der Waals surface area contributed by atoms with Crippen molar-refractivity contribution in [3.63, 3.8) is 0 Å². The molecule has 3 aromatic rings. The van der Waals surface area contributed by atoms with Crippen molar-refractivity contribution in [1.29, 1.82) is 0 Å². The Labute approximate surface area is 242 Å². The minimum absolute atomic E-state index is 0.0186. The monoisotopic (exact) mass is 579 g/mol. The van der Waals surface area contributed by atoms with E-state index in [0.29, 0.717) is 36.6 Å². The van der Waals surface area contributed by atoms with E-state index in [0.717, 1.165) is 38.5 Å². The van der Waals surface area contributed by atoms with Crippen molar-refractivity contribution < 1.29 is 22.5 Å².